The maximum atomic E-state index is 13.4. The summed E-state index contributed by atoms with van der Waals surface area (Å²) in [6, 6.07) is 24.4. The fourth-order valence-corrected chi connectivity index (χ4v) is 4.01. The van der Waals surface area contributed by atoms with Crippen LogP contribution in [0.15, 0.2) is 84.9 Å². The smallest absolute Gasteiger partial charge is 0.267 e. The summed E-state index contributed by atoms with van der Waals surface area (Å²) in [5, 5.41) is 11.6. The van der Waals surface area contributed by atoms with Crippen LogP contribution < -0.4 is 15.5 Å². The van der Waals surface area contributed by atoms with Crippen LogP contribution in [0.2, 0.25) is 0 Å². The molecule has 4 rings (SSSR count). The Kier molecular flexibility index (Phi) is 8.09. The van der Waals surface area contributed by atoms with Gasteiger partial charge in [0.2, 0.25) is 0 Å². The van der Waals surface area contributed by atoms with Crippen LogP contribution in [0.1, 0.15) is 42.4 Å². The number of anilines is 1. The van der Waals surface area contributed by atoms with Gasteiger partial charge in [-0.25, -0.2) is 5.48 Å². The summed E-state index contributed by atoms with van der Waals surface area (Å²) in [7, 11) is 0. The molecule has 3 aromatic carbocycles. The Morgan fingerprint density at radius 1 is 0.886 bits per heavy atom. The minimum absolute atomic E-state index is 0.224. The highest BCUT2D eigenvalue weighted by Gasteiger charge is 2.18. The lowest BCUT2D eigenvalue weighted by Crippen LogP contribution is -2.14. The maximum absolute atomic E-state index is 13.4. The van der Waals surface area contributed by atoms with Crippen LogP contribution in [0.25, 0.3) is 17.7 Å². The molecule has 1 aliphatic rings. The van der Waals surface area contributed by atoms with E-state index in [0.29, 0.717) is 11.3 Å². The van der Waals surface area contributed by atoms with Gasteiger partial charge < -0.3 is 10.1 Å². The van der Waals surface area contributed by atoms with E-state index in [1.165, 1.54) is 18.9 Å². The topological polar surface area (TPSA) is 87.7 Å². The number of para-hydroxylation sites is 1. The predicted molar refractivity (Wildman–Crippen MR) is 138 cm³/mol. The van der Waals surface area contributed by atoms with E-state index in [9.17, 15) is 9.59 Å². The molecule has 0 bridgehead atoms. The zero-order chi connectivity index (χ0) is 24.5. The average Bonchev–Trinajstić information content (AvgIpc) is 3.40. The molecule has 1 aliphatic carbocycles. The maximum Gasteiger partial charge on any atom is 0.267 e. The first-order chi connectivity index (χ1) is 17.1. The zero-order valence-electron chi connectivity index (χ0n) is 19.3. The molecule has 1 saturated carbocycles. The number of benzene rings is 3. The van der Waals surface area contributed by atoms with Gasteiger partial charge in [0.1, 0.15) is 5.75 Å². The van der Waals surface area contributed by atoms with Crippen molar-refractivity contribution in [1.29, 1.82) is 0 Å². The molecule has 2 amide bonds. The number of rotatable bonds is 8. The largest absolute Gasteiger partial charge is 0.490 e. The van der Waals surface area contributed by atoms with E-state index in [1.54, 1.807) is 11.6 Å². The average molecular weight is 469 g/mol. The second-order valence-electron chi connectivity index (χ2n) is 8.41. The van der Waals surface area contributed by atoms with Crippen molar-refractivity contribution in [3.63, 3.8) is 0 Å². The van der Waals surface area contributed by atoms with Crippen LogP contribution in [0.5, 0.6) is 5.75 Å². The molecule has 3 N–H and O–H groups in total. The third-order valence-electron chi connectivity index (χ3n) is 5.81. The summed E-state index contributed by atoms with van der Waals surface area (Å²) >= 11 is 0. The van der Waals surface area contributed by atoms with Crippen molar-refractivity contribution in [2.45, 2.75) is 31.8 Å². The Balaban J connectivity index is 1.62. The lowest BCUT2D eigenvalue weighted by Gasteiger charge is -2.15. The molecule has 0 heterocycles. The van der Waals surface area contributed by atoms with Gasteiger partial charge in [-0.1, -0.05) is 54.6 Å². The molecule has 178 valence electrons. The lowest BCUT2D eigenvalue weighted by atomic mass is 10.0. The first-order valence-corrected chi connectivity index (χ1v) is 11.7. The number of amides is 2. The zero-order valence-corrected chi connectivity index (χ0v) is 19.3. The number of ether oxygens (including phenoxy) is 1. The predicted octanol–water partition coefficient (Wildman–Crippen LogP) is 5.71. The molecule has 0 aromatic heterocycles. The van der Waals surface area contributed by atoms with Crippen molar-refractivity contribution in [3.05, 3.63) is 102 Å². The number of carbonyl (C=O) groups is 2. The van der Waals surface area contributed by atoms with Crippen molar-refractivity contribution < 1.29 is 19.5 Å². The fraction of sp³-hybridized carbons (Fsp3) is 0.172. The number of nitrogens with one attached hydrogen (secondary N) is 2. The first kappa shape index (κ1) is 24.0. The van der Waals surface area contributed by atoms with Crippen LogP contribution in [-0.2, 0) is 9.59 Å². The lowest BCUT2D eigenvalue weighted by molar-refractivity contribution is -0.124. The first-order valence-electron chi connectivity index (χ1n) is 11.7. The van der Waals surface area contributed by atoms with Crippen molar-refractivity contribution in [3.8, 4) is 5.75 Å². The molecule has 6 heteroatoms. The molecule has 0 aliphatic heterocycles. The Bertz CT molecular complexity index is 1210. The summed E-state index contributed by atoms with van der Waals surface area (Å²) in [4.78, 5) is 24.6. The standard InChI is InChI=1S/C29H28N2O4/c32-28(31-34)18-17-21-13-15-22(16-14-21)19-27(29(33)30-24-8-2-1-3-9-24)23-7-6-12-26(20-23)35-25-10-4-5-11-25/h1-3,6-9,12-20,25,34H,4-5,10-11H2,(H,30,33)(H,31,32)/b18-17+,27-19?. The van der Waals surface area contributed by atoms with Gasteiger partial charge in [-0.15, -0.1) is 0 Å². The third-order valence-corrected chi connectivity index (χ3v) is 5.81. The molecule has 0 spiro atoms. The molecule has 0 radical (unpaired) electrons. The normalized spacial score (nSPS) is 14.1. The number of hydrogen-bond donors (Lipinski definition) is 3. The summed E-state index contributed by atoms with van der Waals surface area (Å²) in [6.07, 6.45) is 9.37. The molecular formula is C29H28N2O4. The van der Waals surface area contributed by atoms with Crippen LogP contribution >= 0.6 is 0 Å². The van der Waals surface area contributed by atoms with Gasteiger partial charge in [-0.2, -0.15) is 0 Å². The van der Waals surface area contributed by atoms with E-state index in [1.807, 2.05) is 84.9 Å². The molecule has 1 fully saturated rings. The van der Waals surface area contributed by atoms with Gasteiger partial charge >= 0.3 is 0 Å². The van der Waals surface area contributed by atoms with Crippen LogP contribution in [0.3, 0.4) is 0 Å². The van der Waals surface area contributed by atoms with E-state index >= 15 is 0 Å². The van der Waals surface area contributed by atoms with Crippen LogP contribution in [-0.4, -0.2) is 23.1 Å². The third kappa shape index (κ3) is 6.91. The van der Waals surface area contributed by atoms with E-state index in [-0.39, 0.29) is 12.0 Å². The van der Waals surface area contributed by atoms with Gasteiger partial charge in [0, 0.05) is 17.3 Å². The highest BCUT2D eigenvalue weighted by molar-refractivity contribution is 6.29. The molecule has 35 heavy (non-hydrogen) atoms. The monoisotopic (exact) mass is 468 g/mol. The van der Waals surface area contributed by atoms with Gasteiger partial charge in [0.25, 0.3) is 11.8 Å². The summed E-state index contributed by atoms with van der Waals surface area (Å²) in [6.45, 7) is 0. The van der Waals surface area contributed by atoms with Crippen molar-refractivity contribution in [2.75, 3.05) is 5.32 Å². The fourth-order valence-electron chi connectivity index (χ4n) is 4.01. The van der Waals surface area contributed by atoms with Crippen molar-refractivity contribution >= 4 is 35.2 Å². The van der Waals surface area contributed by atoms with Gasteiger partial charge in [0.15, 0.2) is 0 Å². The molecule has 0 atom stereocenters. The SMILES string of the molecule is O=C(/C=C/c1ccc(C=C(C(=O)Nc2ccccc2)c2cccc(OC3CCCC3)c2)cc1)NO. The van der Waals surface area contributed by atoms with E-state index in [0.717, 1.165) is 35.3 Å². The molecular weight excluding hydrogens is 440 g/mol. The molecule has 6 nitrogen and oxygen atoms in total. The highest BCUT2D eigenvalue weighted by atomic mass is 16.5. The second-order valence-corrected chi connectivity index (χ2v) is 8.41. The number of hydrogen-bond acceptors (Lipinski definition) is 4. The summed E-state index contributed by atoms with van der Waals surface area (Å²) in [5.74, 6) is -0.0678. The van der Waals surface area contributed by atoms with E-state index < -0.39 is 5.91 Å². The van der Waals surface area contributed by atoms with E-state index in [4.69, 9.17) is 9.94 Å². The van der Waals surface area contributed by atoms with Crippen molar-refractivity contribution in [1.82, 2.24) is 5.48 Å². The molecule has 0 unspecified atom stereocenters. The Morgan fingerprint density at radius 2 is 1.60 bits per heavy atom. The molecule has 0 saturated heterocycles. The van der Waals surface area contributed by atoms with Gasteiger partial charge in [-0.3, -0.25) is 14.8 Å². The minimum atomic E-state index is -0.603. The van der Waals surface area contributed by atoms with Gasteiger partial charge in [-0.05, 0) is 78.8 Å². The second kappa shape index (κ2) is 11.8. The van der Waals surface area contributed by atoms with Gasteiger partial charge in [0.05, 0.1) is 6.10 Å². The summed E-state index contributed by atoms with van der Waals surface area (Å²) < 4.78 is 6.17. The molecule has 3 aromatic rings. The van der Waals surface area contributed by atoms with E-state index in [2.05, 4.69) is 5.32 Å². The quantitative estimate of drug-likeness (QED) is 0.171. The Labute approximate surface area is 204 Å². The Hall–Kier alpha value is -4.16. The summed E-state index contributed by atoms with van der Waals surface area (Å²) in [5.41, 5.74) is 5.16. The van der Waals surface area contributed by atoms with Crippen LogP contribution in [0.4, 0.5) is 5.69 Å². The minimum Gasteiger partial charge on any atom is -0.490 e. The van der Waals surface area contributed by atoms with Crippen molar-refractivity contribution in [2.24, 2.45) is 0 Å². The number of hydroxylamine groups is 1. The number of carbonyl (C=O) groups excluding carboxylic acids is 2. The Morgan fingerprint density at radius 3 is 2.31 bits per heavy atom. The highest BCUT2D eigenvalue weighted by Crippen LogP contribution is 2.28. The van der Waals surface area contributed by atoms with Crippen LogP contribution in [0, 0.1) is 0 Å².